The number of hydrogen-bond acceptors (Lipinski definition) is 2. The molecule has 2 aliphatic rings. The van der Waals surface area contributed by atoms with Crippen LogP contribution in [0.5, 0.6) is 0 Å². The van der Waals surface area contributed by atoms with Crippen LogP contribution in [0.25, 0.3) is 0 Å². The first-order chi connectivity index (χ1) is 8.77. The van der Waals surface area contributed by atoms with E-state index in [2.05, 4.69) is 0 Å². The van der Waals surface area contributed by atoms with Gasteiger partial charge in [-0.05, 0) is 32.1 Å². The molecule has 2 rings (SSSR count). The van der Waals surface area contributed by atoms with E-state index in [0.29, 0.717) is 0 Å². The van der Waals surface area contributed by atoms with E-state index in [4.69, 9.17) is 0 Å². The molecule has 0 saturated carbocycles. The molecular weight excluding hydrogens is 228 g/mol. The van der Waals surface area contributed by atoms with Crippen molar-refractivity contribution < 1.29 is 9.59 Å². The van der Waals surface area contributed by atoms with E-state index in [1.54, 1.807) is 0 Å². The first-order valence-corrected chi connectivity index (χ1v) is 7.33. The van der Waals surface area contributed by atoms with E-state index in [0.717, 1.165) is 51.9 Å². The number of amides is 2. The van der Waals surface area contributed by atoms with Gasteiger partial charge in [0.2, 0.25) is 11.8 Å². The lowest BCUT2D eigenvalue weighted by atomic mass is 10.1. The van der Waals surface area contributed by atoms with E-state index in [1.807, 2.05) is 9.80 Å². The zero-order valence-electron chi connectivity index (χ0n) is 11.2. The lowest BCUT2D eigenvalue weighted by molar-refractivity contribution is -0.141. The summed E-state index contributed by atoms with van der Waals surface area (Å²) in [6.45, 7) is 3.36. The highest BCUT2D eigenvalue weighted by Crippen LogP contribution is 2.13. The number of piperidine rings is 1. The first-order valence-electron chi connectivity index (χ1n) is 7.33. The number of carbonyl (C=O) groups excluding carboxylic acids is 2. The maximum Gasteiger partial charge on any atom is 0.232 e. The summed E-state index contributed by atoms with van der Waals surface area (Å²) in [6.07, 6.45) is 8.07. The molecule has 0 N–H and O–H groups in total. The summed E-state index contributed by atoms with van der Waals surface area (Å²) in [5, 5.41) is 0. The maximum atomic E-state index is 12.1. The fourth-order valence-electron chi connectivity index (χ4n) is 2.82. The van der Waals surface area contributed by atoms with Gasteiger partial charge in [0.1, 0.15) is 6.42 Å². The molecule has 2 saturated heterocycles. The topological polar surface area (TPSA) is 40.6 Å². The zero-order valence-corrected chi connectivity index (χ0v) is 11.2. The van der Waals surface area contributed by atoms with E-state index >= 15 is 0 Å². The first kappa shape index (κ1) is 13.4. The van der Waals surface area contributed by atoms with E-state index in [-0.39, 0.29) is 18.2 Å². The van der Waals surface area contributed by atoms with Crippen LogP contribution < -0.4 is 0 Å². The van der Waals surface area contributed by atoms with Crippen LogP contribution in [-0.4, -0.2) is 47.8 Å². The number of likely N-dealkylation sites (tertiary alicyclic amines) is 2. The second-order valence-corrected chi connectivity index (χ2v) is 5.41. The van der Waals surface area contributed by atoms with E-state index in [9.17, 15) is 9.59 Å². The van der Waals surface area contributed by atoms with Gasteiger partial charge in [-0.1, -0.05) is 12.8 Å². The Labute approximate surface area is 109 Å². The third kappa shape index (κ3) is 3.72. The molecule has 2 heterocycles. The Morgan fingerprint density at radius 1 is 0.611 bits per heavy atom. The zero-order chi connectivity index (χ0) is 12.8. The molecule has 0 aromatic carbocycles. The van der Waals surface area contributed by atoms with Crippen LogP contribution in [0.4, 0.5) is 0 Å². The fourth-order valence-corrected chi connectivity index (χ4v) is 2.82. The molecule has 4 nitrogen and oxygen atoms in total. The third-order valence-corrected chi connectivity index (χ3v) is 3.97. The highest BCUT2D eigenvalue weighted by molar-refractivity contribution is 5.96. The van der Waals surface area contributed by atoms with Crippen LogP contribution in [0.3, 0.4) is 0 Å². The quantitative estimate of drug-likeness (QED) is 0.703. The third-order valence-electron chi connectivity index (χ3n) is 3.97. The van der Waals surface area contributed by atoms with Gasteiger partial charge in [-0.15, -0.1) is 0 Å². The van der Waals surface area contributed by atoms with Crippen LogP contribution >= 0.6 is 0 Å². The normalized spacial score (nSPS) is 21.6. The Bertz CT molecular complexity index is 290. The molecule has 0 atom stereocenters. The lowest BCUT2D eigenvalue weighted by Crippen LogP contribution is -2.40. The van der Waals surface area contributed by atoms with Gasteiger partial charge in [-0.2, -0.15) is 0 Å². The van der Waals surface area contributed by atoms with Crippen molar-refractivity contribution in [1.82, 2.24) is 9.80 Å². The minimum atomic E-state index is 0.0314. The maximum absolute atomic E-state index is 12.1. The summed E-state index contributed by atoms with van der Waals surface area (Å²) in [5.74, 6) is 0.0661. The van der Waals surface area contributed by atoms with Crippen molar-refractivity contribution in [3.8, 4) is 0 Å². The number of rotatable bonds is 2. The highest BCUT2D eigenvalue weighted by atomic mass is 16.2. The van der Waals surface area contributed by atoms with Crippen LogP contribution in [-0.2, 0) is 9.59 Å². The van der Waals surface area contributed by atoms with Gasteiger partial charge in [0.15, 0.2) is 0 Å². The Balaban J connectivity index is 1.79. The second-order valence-electron chi connectivity index (χ2n) is 5.41. The number of carbonyl (C=O) groups is 2. The predicted octanol–water partition coefficient (Wildman–Crippen LogP) is 1.79. The molecule has 0 aromatic heterocycles. The average Bonchev–Trinajstić information content (AvgIpc) is 2.68. The molecule has 2 aliphatic heterocycles. The van der Waals surface area contributed by atoms with E-state index < -0.39 is 0 Å². The predicted molar refractivity (Wildman–Crippen MR) is 70.1 cm³/mol. The Morgan fingerprint density at radius 2 is 0.944 bits per heavy atom. The van der Waals surface area contributed by atoms with Crippen molar-refractivity contribution in [2.45, 2.75) is 51.4 Å². The largest absolute Gasteiger partial charge is 0.342 e. The van der Waals surface area contributed by atoms with Gasteiger partial charge >= 0.3 is 0 Å². The summed E-state index contributed by atoms with van der Waals surface area (Å²) in [4.78, 5) is 27.8. The smallest absolute Gasteiger partial charge is 0.232 e. The molecule has 0 aromatic rings. The molecule has 102 valence electrons. The van der Waals surface area contributed by atoms with Crippen LogP contribution in [0, 0.1) is 0 Å². The van der Waals surface area contributed by atoms with Crippen molar-refractivity contribution >= 4 is 11.8 Å². The molecule has 0 radical (unpaired) electrons. The minimum Gasteiger partial charge on any atom is -0.342 e. The van der Waals surface area contributed by atoms with Crippen LogP contribution in [0.2, 0.25) is 0 Å². The SMILES string of the molecule is O=C(CC(=O)N1CCCCC1)N1CCCCCC1. The average molecular weight is 252 g/mol. The highest BCUT2D eigenvalue weighted by Gasteiger charge is 2.22. The van der Waals surface area contributed by atoms with Crippen molar-refractivity contribution in [2.75, 3.05) is 26.2 Å². The van der Waals surface area contributed by atoms with Gasteiger partial charge in [0, 0.05) is 26.2 Å². The van der Waals surface area contributed by atoms with Gasteiger partial charge in [0.25, 0.3) is 0 Å². The molecule has 2 amide bonds. The number of nitrogens with zero attached hydrogens (tertiary/aromatic N) is 2. The van der Waals surface area contributed by atoms with Crippen LogP contribution in [0.1, 0.15) is 51.4 Å². The van der Waals surface area contributed by atoms with Crippen molar-refractivity contribution in [3.05, 3.63) is 0 Å². The molecule has 4 heteroatoms. The molecule has 18 heavy (non-hydrogen) atoms. The van der Waals surface area contributed by atoms with Gasteiger partial charge in [-0.25, -0.2) is 0 Å². The summed E-state index contributed by atoms with van der Waals surface area (Å²) in [6, 6.07) is 0. The molecule has 0 spiro atoms. The lowest BCUT2D eigenvalue weighted by Gasteiger charge is -2.28. The van der Waals surface area contributed by atoms with E-state index in [1.165, 1.54) is 19.3 Å². The van der Waals surface area contributed by atoms with Gasteiger partial charge in [-0.3, -0.25) is 9.59 Å². The van der Waals surface area contributed by atoms with Crippen molar-refractivity contribution in [2.24, 2.45) is 0 Å². The van der Waals surface area contributed by atoms with Crippen molar-refractivity contribution in [1.29, 1.82) is 0 Å². The molecular formula is C14H24N2O2. The standard InChI is InChI=1S/C14H24N2O2/c17-13(15-8-4-1-2-5-9-15)12-14(18)16-10-6-3-7-11-16/h1-12H2. The Hall–Kier alpha value is -1.06. The minimum absolute atomic E-state index is 0.0314. The summed E-state index contributed by atoms with van der Waals surface area (Å²) >= 11 is 0. The Morgan fingerprint density at radius 3 is 1.33 bits per heavy atom. The van der Waals surface area contributed by atoms with Crippen molar-refractivity contribution in [3.63, 3.8) is 0 Å². The summed E-state index contributed by atoms with van der Waals surface area (Å²) in [7, 11) is 0. The monoisotopic (exact) mass is 252 g/mol. The molecule has 2 fully saturated rings. The summed E-state index contributed by atoms with van der Waals surface area (Å²) in [5.41, 5.74) is 0. The Kier molecular flexibility index (Phi) is 5.02. The summed E-state index contributed by atoms with van der Waals surface area (Å²) < 4.78 is 0. The fraction of sp³-hybridized carbons (Fsp3) is 0.857. The van der Waals surface area contributed by atoms with Crippen LogP contribution in [0.15, 0.2) is 0 Å². The van der Waals surface area contributed by atoms with Gasteiger partial charge in [0.05, 0.1) is 0 Å². The molecule has 0 aliphatic carbocycles. The van der Waals surface area contributed by atoms with Gasteiger partial charge < -0.3 is 9.80 Å². The molecule has 0 unspecified atom stereocenters. The second kappa shape index (κ2) is 6.76. The molecule has 0 bridgehead atoms. The number of hydrogen-bond donors (Lipinski definition) is 0.